The molecule has 1 fully saturated rings. The van der Waals surface area contributed by atoms with E-state index >= 15 is 0 Å². The summed E-state index contributed by atoms with van der Waals surface area (Å²) < 4.78 is 5.39. The van der Waals surface area contributed by atoms with E-state index in [0.29, 0.717) is 10.9 Å². The van der Waals surface area contributed by atoms with Crippen molar-refractivity contribution in [1.82, 2.24) is 4.90 Å². The number of halogens is 1. The maximum absolute atomic E-state index is 12.5. The van der Waals surface area contributed by atoms with Crippen LogP contribution in [0.2, 0.25) is 5.02 Å². The summed E-state index contributed by atoms with van der Waals surface area (Å²) in [5, 5.41) is 3.64. The molecule has 0 aliphatic carbocycles. The van der Waals surface area contributed by atoms with Gasteiger partial charge >= 0.3 is 6.03 Å². The van der Waals surface area contributed by atoms with Gasteiger partial charge in [0.15, 0.2) is 0 Å². The van der Waals surface area contributed by atoms with Crippen LogP contribution in [0.25, 0.3) is 0 Å². The standard InChI is InChI=1S/C16H23ClN2O2/c1-3-8-19(10-13-7-9-21-11-13)16(20)18-15-6-4-5-14(17)12(15)2/h4-6,13H,3,7-11H2,1-2H3,(H,18,20). The van der Waals surface area contributed by atoms with E-state index in [0.717, 1.165) is 50.4 Å². The zero-order valence-electron chi connectivity index (χ0n) is 12.7. The van der Waals surface area contributed by atoms with Crippen LogP contribution in [0.15, 0.2) is 18.2 Å². The molecule has 1 heterocycles. The molecule has 4 nitrogen and oxygen atoms in total. The summed E-state index contributed by atoms with van der Waals surface area (Å²) in [7, 11) is 0. The first-order valence-corrected chi connectivity index (χ1v) is 7.88. The van der Waals surface area contributed by atoms with Gasteiger partial charge in [-0.2, -0.15) is 0 Å². The SMILES string of the molecule is CCCN(CC1CCOC1)C(=O)Nc1cccc(Cl)c1C. The Morgan fingerprint density at radius 2 is 2.33 bits per heavy atom. The normalized spacial score (nSPS) is 17.8. The highest BCUT2D eigenvalue weighted by Gasteiger charge is 2.22. The van der Waals surface area contributed by atoms with Crippen molar-refractivity contribution >= 4 is 23.3 Å². The van der Waals surface area contributed by atoms with Crippen LogP contribution in [0, 0.1) is 12.8 Å². The van der Waals surface area contributed by atoms with E-state index in [1.807, 2.05) is 30.0 Å². The lowest BCUT2D eigenvalue weighted by molar-refractivity contribution is 0.169. The van der Waals surface area contributed by atoms with Crippen LogP contribution in [0.5, 0.6) is 0 Å². The number of carbonyl (C=O) groups excluding carboxylic acids is 1. The molecule has 0 bridgehead atoms. The van der Waals surface area contributed by atoms with E-state index in [4.69, 9.17) is 16.3 Å². The lowest BCUT2D eigenvalue weighted by Gasteiger charge is -2.25. The fraction of sp³-hybridized carbons (Fsp3) is 0.562. The number of ether oxygens (including phenoxy) is 1. The van der Waals surface area contributed by atoms with E-state index in [1.165, 1.54) is 0 Å². The molecule has 21 heavy (non-hydrogen) atoms. The number of carbonyl (C=O) groups is 1. The summed E-state index contributed by atoms with van der Waals surface area (Å²) in [5.74, 6) is 0.447. The van der Waals surface area contributed by atoms with Crippen molar-refractivity contribution < 1.29 is 9.53 Å². The number of anilines is 1. The van der Waals surface area contributed by atoms with Crippen molar-refractivity contribution in [3.05, 3.63) is 28.8 Å². The number of amides is 2. The van der Waals surface area contributed by atoms with E-state index in [1.54, 1.807) is 0 Å². The van der Waals surface area contributed by atoms with Gasteiger partial charge in [0, 0.05) is 36.3 Å². The molecule has 0 saturated carbocycles. The van der Waals surface area contributed by atoms with Gasteiger partial charge in [-0.25, -0.2) is 4.79 Å². The average molecular weight is 311 g/mol. The lowest BCUT2D eigenvalue weighted by atomic mass is 10.1. The minimum Gasteiger partial charge on any atom is -0.381 e. The molecule has 0 radical (unpaired) electrons. The fourth-order valence-electron chi connectivity index (χ4n) is 2.52. The van der Waals surface area contributed by atoms with Crippen molar-refractivity contribution in [3.8, 4) is 0 Å². The number of nitrogens with one attached hydrogen (secondary N) is 1. The number of rotatable bonds is 5. The summed E-state index contributed by atoms with van der Waals surface area (Å²) in [5.41, 5.74) is 1.67. The van der Waals surface area contributed by atoms with E-state index < -0.39 is 0 Å². The molecule has 116 valence electrons. The Kier molecular flexibility index (Phi) is 5.88. The molecule has 1 unspecified atom stereocenters. The highest BCUT2D eigenvalue weighted by atomic mass is 35.5. The molecule has 2 rings (SSSR count). The first-order valence-electron chi connectivity index (χ1n) is 7.50. The Bertz CT molecular complexity index is 487. The third kappa shape index (κ3) is 4.35. The second-order valence-corrected chi connectivity index (χ2v) is 5.93. The van der Waals surface area contributed by atoms with Crippen molar-refractivity contribution in [2.24, 2.45) is 5.92 Å². The number of benzene rings is 1. The summed E-state index contributed by atoms with van der Waals surface area (Å²) in [6, 6.07) is 5.49. The minimum absolute atomic E-state index is 0.0610. The highest BCUT2D eigenvalue weighted by Crippen LogP contribution is 2.23. The van der Waals surface area contributed by atoms with Crippen LogP contribution >= 0.6 is 11.6 Å². The van der Waals surface area contributed by atoms with Gasteiger partial charge in [-0.1, -0.05) is 24.6 Å². The van der Waals surface area contributed by atoms with Crippen LogP contribution in [0.4, 0.5) is 10.5 Å². The van der Waals surface area contributed by atoms with Crippen LogP contribution in [-0.4, -0.2) is 37.2 Å². The number of hydrogen-bond donors (Lipinski definition) is 1. The summed E-state index contributed by atoms with van der Waals surface area (Å²) in [6.45, 7) is 7.05. The minimum atomic E-state index is -0.0610. The molecule has 1 N–H and O–H groups in total. The van der Waals surface area contributed by atoms with Crippen molar-refractivity contribution in [2.75, 3.05) is 31.6 Å². The summed E-state index contributed by atoms with van der Waals surface area (Å²) in [4.78, 5) is 14.4. The number of nitrogens with zero attached hydrogens (tertiary/aromatic N) is 1. The molecule has 1 atom stereocenters. The van der Waals surface area contributed by atoms with Crippen LogP contribution in [-0.2, 0) is 4.74 Å². The van der Waals surface area contributed by atoms with E-state index in [9.17, 15) is 4.79 Å². The van der Waals surface area contributed by atoms with Crippen LogP contribution in [0.3, 0.4) is 0 Å². The smallest absolute Gasteiger partial charge is 0.321 e. The maximum atomic E-state index is 12.5. The van der Waals surface area contributed by atoms with Crippen molar-refractivity contribution in [3.63, 3.8) is 0 Å². The fourth-order valence-corrected chi connectivity index (χ4v) is 2.70. The molecule has 1 aliphatic heterocycles. The van der Waals surface area contributed by atoms with Gasteiger partial charge in [0.25, 0.3) is 0 Å². The third-order valence-corrected chi connectivity index (χ3v) is 4.20. The van der Waals surface area contributed by atoms with Gasteiger partial charge in [-0.15, -0.1) is 0 Å². The molecule has 1 saturated heterocycles. The number of hydrogen-bond acceptors (Lipinski definition) is 2. The first-order chi connectivity index (χ1) is 10.1. The molecule has 1 aliphatic rings. The van der Waals surface area contributed by atoms with Crippen molar-refractivity contribution in [2.45, 2.75) is 26.7 Å². The predicted octanol–water partition coefficient (Wildman–Crippen LogP) is 3.93. The van der Waals surface area contributed by atoms with Crippen LogP contribution in [0.1, 0.15) is 25.3 Å². The zero-order valence-corrected chi connectivity index (χ0v) is 13.4. The van der Waals surface area contributed by atoms with E-state index in [2.05, 4.69) is 12.2 Å². The molecule has 1 aromatic rings. The maximum Gasteiger partial charge on any atom is 0.321 e. The summed E-state index contributed by atoms with van der Waals surface area (Å²) >= 11 is 6.09. The molecule has 0 spiro atoms. The van der Waals surface area contributed by atoms with E-state index in [-0.39, 0.29) is 6.03 Å². The molecular weight excluding hydrogens is 288 g/mol. The Labute approximate surface area is 131 Å². The third-order valence-electron chi connectivity index (χ3n) is 3.79. The van der Waals surface area contributed by atoms with Gasteiger partial charge in [0.1, 0.15) is 0 Å². The predicted molar refractivity (Wildman–Crippen MR) is 86.0 cm³/mol. The Morgan fingerprint density at radius 3 is 3.00 bits per heavy atom. The second kappa shape index (κ2) is 7.66. The van der Waals surface area contributed by atoms with Crippen molar-refractivity contribution in [1.29, 1.82) is 0 Å². The van der Waals surface area contributed by atoms with Gasteiger partial charge in [-0.05, 0) is 37.5 Å². The van der Waals surface area contributed by atoms with Gasteiger partial charge in [-0.3, -0.25) is 0 Å². The topological polar surface area (TPSA) is 41.6 Å². The van der Waals surface area contributed by atoms with Gasteiger partial charge in [0.05, 0.1) is 6.61 Å². The lowest BCUT2D eigenvalue weighted by Crippen LogP contribution is -2.39. The first kappa shape index (κ1) is 16.1. The molecule has 0 aromatic heterocycles. The highest BCUT2D eigenvalue weighted by molar-refractivity contribution is 6.31. The van der Waals surface area contributed by atoms with Gasteiger partial charge in [0.2, 0.25) is 0 Å². The summed E-state index contributed by atoms with van der Waals surface area (Å²) in [6.07, 6.45) is 1.97. The van der Waals surface area contributed by atoms with Gasteiger partial charge < -0.3 is 15.0 Å². The Hall–Kier alpha value is -1.26. The monoisotopic (exact) mass is 310 g/mol. The zero-order chi connectivity index (χ0) is 15.2. The number of urea groups is 1. The van der Waals surface area contributed by atoms with Crippen LogP contribution < -0.4 is 5.32 Å². The largest absolute Gasteiger partial charge is 0.381 e. The Morgan fingerprint density at radius 1 is 1.52 bits per heavy atom. The molecule has 5 heteroatoms. The molecule has 1 aromatic carbocycles. The second-order valence-electron chi connectivity index (χ2n) is 5.52. The molecular formula is C16H23ClN2O2. The Balaban J connectivity index is 2.01. The molecule has 2 amide bonds. The quantitative estimate of drug-likeness (QED) is 0.895. The average Bonchev–Trinajstić information content (AvgIpc) is 2.96.